The van der Waals surface area contributed by atoms with Gasteiger partial charge in [-0.15, -0.1) is 16.4 Å². The van der Waals surface area contributed by atoms with Crippen LogP contribution >= 0.6 is 0 Å². The van der Waals surface area contributed by atoms with Crippen molar-refractivity contribution >= 4 is 23.7 Å². The Kier molecular flexibility index (Phi) is 4.35. The minimum Gasteiger partial charge on any atom is -0.270 e. The van der Waals surface area contributed by atoms with Crippen molar-refractivity contribution in [2.24, 2.45) is 4.99 Å². The molecule has 1 fully saturated rings. The predicted molar refractivity (Wildman–Crippen MR) is 98.3 cm³/mol. The van der Waals surface area contributed by atoms with Gasteiger partial charge in [0.05, 0.1) is 12.2 Å². The van der Waals surface area contributed by atoms with Gasteiger partial charge in [0, 0.05) is 13.6 Å². The van der Waals surface area contributed by atoms with E-state index in [0.29, 0.717) is 18.3 Å². The number of carbonyl (C=O) groups excluding carboxylic acids is 2. The van der Waals surface area contributed by atoms with Gasteiger partial charge >= 0.3 is 12.0 Å². The number of aryl methyl sites for hydroxylation is 2. The quantitative estimate of drug-likeness (QED) is 0.601. The molecule has 1 unspecified atom stereocenters. The number of amidine groups is 1. The Morgan fingerprint density at radius 2 is 2.08 bits per heavy atom. The maximum atomic E-state index is 13.0. The summed E-state index contributed by atoms with van der Waals surface area (Å²) in [7, 11) is 1.62. The summed E-state index contributed by atoms with van der Waals surface area (Å²) in [4.78, 5) is 32.8. The molecule has 0 bridgehead atoms. The summed E-state index contributed by atoms with van der Waals surface area (Å²) >= 11 is 0. The zero-order chi connectivity index (χ0) is 19.2. The molecule has 2 aliphatic rings. The molecule has 0 spiro atoms. The van der Waals surface area contributed by atoms with E-state index in [2.05, 4.69) is 23.2 Å². The van der Waals surface area contributed by atoms with Crippen molar-refractivity contribution in [1.29, 1.82) is 0 Å². The normalized spacial score (nSPS) is 19.8. The van der Waals surface area contributed by atoms with Gasteiger partial charge in [0.2, 0.25) is 11.9 Å². The standard InChI is InChI=1S/C18H23N6O2/c1-7-8-22-16(25)14-15(21(6)18(22)26)19-17(23(14)10-11(2)3)24-13(5)9-12(4)20-24/h7,9,14H,1-2,8,10H2,3-6H3/q+1. The van der Waals surface area contributed by atoms with Gasteiger partial charge in [-0.05, 0) is 32.4 Å². The first-order valence-electron chi connectivity index (χ1n) is 8.36. The second-order valence-electron chi connectivity index (χ2n) is 6.68. The molecule has 0 aliphatic carbocycles. The van der Waals surface area contributed by atoms with Gasteiger partial charge in [-0.2, -0.15) is 0 Å². The SMILES string of the molecule is C=CCN1C(=O)C2C(=NC(n3nc(C)cc3C)=[N+]2CC(=C)C)N(C)C1=O. The Bertz CT molecular complexity index is 891. The molecule has 26 heavy (non-hydrogen) atoms. The summed E-state index contributed by atoms with van der Waals surface area (Å²) in [5.74, 6) is 0.612. The zero-order valence-electron chi connectivity index (χ0n) is 15.6. The molecule has 1 saturated heterocycles. The molecule has 3 rings (SSSR count). The third-order valence-electron chi connectivity index (χ3n) is 4.34. The lowest BCUT2D eigenvalue weighted by Crippen LogP contribution is -2.62. The summed E-state index contributed by atoms with van der Waals surface area (Å²) in [6.07, 6.45) is 1.54. The first kappa shape index (κ1) is 17.8. The van der Waals surface area contributed by atoms with E-state index in [1.54, 1.807) is 11.7 Å². The first-order valence-corrected chi connectivity index (χ1v) is 8.36. The molecule has 136 valence electrons. The van der Waals surface area contributed by atoms with Crippen LogP contribution in [0.3, 0.4) is 0 Å². The Hall–Kier alpha value is -3.03. The van der Waals surface area contributed by atoms with Crippen molar-refractivity contribution in [1.82, 2.24) is 19.6 Å². The molecule has 1 aromatic rings. The average molecular weight is 355 g/mol. The van der Waals surface area contributed by atoms with E-state index in [1.165, 1.54) is 15.9 Å². The Morgan fingerprint density at radius 3 is 2.62 bits per heavy atom. The molecular formula is C18H23N6O2+. The van der Waals surface area contributed by atoms with Crippen LogP contribution in [0.2, 0.25) is 0 Å². The fourth-order valence-electron chi connectivity index (χ4n) is 3.26. The van der Waals surface area contributed by atoms with Crippen molar-refractivity contribution in [2.45, 2.75) is 26.8 Å². The van der Waals surface area contributed by atoms with Crippen LogP contribution in [0.15, 0.2) is 35.9 Å². The maximum Gasteiger partial charge on any atom is 0.421 e. The van der Waals surface area contributed by atoms with Crippen LogP contribution in [0, 0.1) is 13.8 Å². The first-order chi connectivity index (χ1) is 12.3. The van der Waals surface area contributed by atoms with Gasteiger partial charge in [-0.1, -0.05) is 17.6 Å². The highest BCUT2D eigenvalue weighted by molar-refractivity contribution is 6.23. The zero-order valence-corrected chi connectivity index (χ0v) is 15.6. The number of aromatic nitrogens is 2. The molecule has 0 radical (unpaired) electrons. The fraction of sp³-hybridized carbons (Fsp3) is 0.389. The van der Waals surface area contributed by atoms with E-state index >= 15 is 0 Å². The number of fused-ring (bicyclic) bond motifs is 1. The van der Waals surface area contributed by atoms with Gasteiger partial charge in [-0.25, -0.2) is 9.37 Å². The molecule has 1 aromatic heterocycles. The van der Waals surface area contributed by atoms with Gasteiger partial charge in [0.15, 0.2) is 0 Å². The molecule has 2 aliphatic heterocycles. The lowest BCUT2D eigenvalue weighted by molar-refractivity contribution is -0.529. The number of likely N-dealkylation sites (N-methyl/N-ethyl adjacent to an activating group) is 1. The topological polar surface area (TPSA) is 73.8 Å². The fourth-order valence-corrected chi connectivity index (χ4v) is 3.26. The molecule has 3 amide bonds. The van der Waals surface area contributed by atoms with Crippen molar-refractivity contribution in [2.75, 3.05) is 20.1 Å². The van der Waals surface area contributed by atoms with Gasteiger partial charge in [0.1, 0.15) is 5.69 Å². The number of amides is 3. The maximum absolute atomic E-state index is 13.0. The molecule has 0 N–H and O–H groups in total. The smallest absolute Gasteiger partial charge is 0.270 e. The van der Waals surface area contributed by atoms with Crippen LogP contribution in [0.4, 0.5) is 4.79 Å². The summed E-state index contributed by atoms with van der Waals surface area (Å²) < 4.78 is 3.55. The molecular weight excluding hydrogens is 332 g/mol. The van der Waals surface area contributed by atoms with E-state index in [1.807, 2.05) is 31.4 Å². The minimum atomic E-state index is -0.687. The highest BCUT2D eigenvalue weighted by Crippen LogP contribution is 2.21. The van der Waals surface area contributed by atoms with E-state index in [9.17, 15) is 9.59 Å². The average Bonchev–Trinajstić information content (AvgIpc) is 3.09. The van der Waals surface area contributed by atoms with Crippen LogP contribution < -0.4 is 0 Å². The van der Waals surface area contributed by atoms with Crippen molar-refractivity contribution < 1.29 is 14.2 Å². The molecule has 0 aromatic carbocycles. The summed E-state index contributed by atoms with van der Waals surface area (Å²) in [5, 5.41) is 4.49. The van der Waals surface area contributed by atoms with E-state index < -0.39 is 12.1 Å². The molecule has 0 saturated carbocycles. The van der Waals surface area contributed by atoms with Crippen LogP contribution in [0.25, 0.3) is 0 Å². The number of aliphatic imine (C=N–C) groups is 1. The number of imide groups is 1. The second kappa shape index (κ2) is 6.36. The van der Waals surface area contributed by atoms with Gasteiger partial charge in [0.25, 0.3) is 5.91 Å². The molecule has 8 heteroatoms. The Morgan fingerprint density at radius 1 is 1.38 bits per heavy atom. The highest BCUT2D eigenvalue weighted by atomic mass is 16.2. The highest BCUT2D eigenvalue weighted by Gasteiger charge is 2.52. The lowest BCUT2D eigenvalue weighted by atomic mass is 10.1. The van der Waals surface area contributed by atoms with E-state index in [0.717, 1.165) is 17.0 Å². The number of hydrogen-bond acceptors (Lipinski definition) is 4. The number of nitrogens with zero attached hydrogens (tertiary/aromatic N) is 6. The van der Waals surface area contributed by atoms with E-state index in [-0.39, 0.29) is 12.5 Å². The Labute approximate surface area is 152 Å². The lowest BCUT2D eigenvalue weighted by Gasteiger charge is -2.33. The molecule has 8 nitrogen and oxygen atoms in total. The molecule has 1 atom stereocenters. The summed E-state index contributed by atoms with van der Waals surface area (Å²) in [5.41, 5.74) is 2.63. The third kappa shape index (κ3) is 2.67. The third-order valence-corrected chi connectivity index (χ3v) is 4.34. The Balaban J connectivity index is 2.17. The number of urea groups is 1. The van der Waals surface area contributed by atoms with Crippen LogP contribution in [-0.4, -0.2) is 74.1 Å². The summed E-state index contributed by atoms with van der Waals surface area (Å²) in [6, 6.07) is 0.845. The van der Waals surface area contributed by atoms with Crippen LogP contribution in [0.1, 0.15) is 18.3 Å². The number of hydrogen-bond donors (Lipinski definition) is 0. The van der Waals surface area contributed by atoms with E-state index in [4.69, 9.17) is 0 Å². The van der Waals surface area contributed by atoms with Crippen molar-refractivity contribution in [3.63, 3.8) is 0 Å². The van der Waals surface area contributed by atoms with Crippen LogP contribution in [0.5, 0.6) is 0 Å². The summed E-state index contributed by atoms with van der Waals surface area (Å²) in [6.45, 7) is 13.9. The second-order valence-corrected chi connectivity index (χ2v) is 6.68. The molecule has 3 heterocycles. The van der Waals surface area contributed by atoms with Crippen molar-refractivity contribution in [3.05, 3.63) is 42.3 Å². The number of carbonyl (C=O) groups is 2. The van der Waals surface area contributed by atoms with Gasteiger partial charge in [-0.3, -0.25) is 14.6 Å². The van der Waals surface area contributed by atoms with Crippen LogP contribution in [-0.2, 0) is 4.79 Å². The van der Waals surface area contributed by atoms with Gasteiger partial charge < -0.3 is 0 Å². The largest absolute Gasteiger partial charge is 0.421 e. The predicted octanol–water partition coefficient (Wildman–Crippen LogP) is 1.15. The monoisotopic (exact) mass is 355 g/mol. The van der Waals surface area contributed by atoms with Crippen molar-refractivity contribution in [3.8, 4) is 0 Å². The number of rotatable bonds is 4. The minimum absolute atomic E-state index is 0.155.